The number of rotatable bonds is 6. The summed E-state index contributed by atoms with van der Waals surface area (Å²) in [5.74, 6) is 0. The van der Waals surface area contributed by atoms with Crippen molar-refractivity contribution < 1.29 is 0 Å². The normalized spacial score (nSPS) is 12.0. The fourth-order valence-corrected chi connectivity index (χ4v) is 5.07. The summed E-state index contributed by atoms with van der Waals surface area (Å²) in [5.41, 5.74) is 10.8. The zero-order valence-electron chi connectivity index (χ0n) is 21.0. The number of anilines is 1. The van der Waals surface area contributed by atoms with Gasteiger partial charge in [-0.15, -0.1) is 0 Å². The Bertz CT molecular complexity index is 1480. The van der Waals surface area contributed by atoms with Crippen molar-refractivity contribution in [3.05, 3.63) is 131 Å². The van der Waals surface area contributed by atoms with Gasteiger partial charge in [0.25, 0.3) is 0 Å². The minimum Gasteiger partial charge on any atom is -0.372 e. The number of fused-ring (bicyclic) bond motifs is 1. The van der Waals surface area contributed by atoms with Gasteiger partial charge in [-0.2, -0.15) is 0 Å². The highest BCUT2D eigenvalue weighted by Gasteiger charge is 2.20. The van der Waals surface area contributed by atoms with Crippen LogP contribution in [0.25, 0.3) is 22.0 Å². The minimum atomic E-state index is -0.0593. The molecule has 0 aliphatic carbocycles. The Labute approximate surface area is 208 Å². The van der Waals surface area contributed by atoms with Crippen LogP contribution >= 0.6 is 0 Å². The van der Waals surface area contributed by atoms with Gasteiger partial charge in [-0.05, 0) is 77.9 Å². The van der Waals surface area contributed by atoms with Gasteiger partial charge in [0.15, 0.2) is 0 Å². The van der Waals surface area contributed by atoms with Crippen molar-refractivity contribution in [2.75, 3.05) is 5.32 Å². The van der Waals surface area contributed by atoms with Gasteiger partial charge in [0.1, 0.15) is 0 Å². The average Bonchev–Trinajstić information content (AvgIpc) is 2.88. The first-order chi connectivity index (χ1) is 17.1. The van der Waals surface area contributed by atoms with Gasteiger partial charge >= 0.3 is 0 Å². The number of aromatic nitrogens is 1. The van der Waals surface area contributed by atoms with Crippen LogP contribution in [-0.2, 0) is 6.42 Å². The lowest BCUT2D eigenvalue weighted by Gasteiger charge is -2.25. The van der Waals surface area contributed by atoms with Gasteiger partial charge in [0.05, 0.1) is 17.4 Å². The van der Waals surface area contributed by atoms with E-state index in [0.717, 1.165) is 17.8 Å². The first-order valence-corrected chi connectivity index (χ1v) is 12.4. The average molecular weight is 457 g/mol. The molecule has 0 bridgehead atoms. The third-order valence-electron chi connectivity index (χ3n) is 6.99. The molecule has 1 atom stereocenters. The fourth-order valence-electron chi connectivity index (χ4n) is 5.07. The molecule has 0 radical (unpaired) electrons. The molecule has 4 aromatic carbocycles. The monoisotopic (exact) mass is 456 g/mol. The molecule has 5 aromatic rings. The van der Waals surface area contributed by atoms with Crippen LogP contribution in [0.3, 0.4) is 0 Å². The van der Waals surface area contributed by atoms with Gasteiger partial charge in [-0.1, -0.05) is 91.9 Å². The quantitative estimate of drug-likeness (QED) is 0.277. The molecule has 0 spiro atoms. The van der Waals surface area contributed by atoms with Crippen molar-refractivity contribution in [3.8, 4) is 11.3 Å². The van der Waals surface area contributed by atoms with Crippen LogP contribution in [0.4, 0.5) is 5.69 Å². The highest BCUT2D eigenvalue weighted by molar-refractivity contribution is 5.97. The van der Waals surface area contributed by atoms with E-state index < -0.39 is 0 Å². The number of para-hydroxylation sites is 1. The van der Waals surface area contributed by atoms with Crippen LogP contribution in [0.5, 0.6) is 0 Å². The van der Waals surface area contributed by atoms with Gasteiger partial charge in [-0.25, -0.2) is 0 Å². The van der Waals surface area contributed by atoms with Gasteiger partial charge in [0, 0.05) is 11.3 Å². The second-order valence-electron chi connectivity index (χ2n) is 9.32. The molecule has 2 nitrogen and oxygen atoms in total. The first-order valence-electron chi connectivity index (χ1n) is 12.4. The van der Waals surface area contributed by atoms with Crippen molar-refractivity contribution in [1.82, 2.24) is 4.98 Å². The van der Waals surface area contributed by atoms with E-state index in [1.807, 2.05) is 0 Å². The number of nitrogens with one attached hydrogen (secondary N) is 1. The fraction of sp³-hybridized carbons (Fsp3) is 0.182. The van der Waals surface area contributed by atoms with Crippen LogP contribution < -0.4 is 5.32 Å². The Balaban J connectivity index is 1.69. The molecule has 0 aliphatic heterocycles. The lowest BCUT2D eigenvalue weighted by atomic mass is 9.93. The van der Waals surface area contributed by atoms with E-state index in [9.17, 15) is 0 Å². The molecule has 1 unspecified atom stereocenters. The van der Waals surface area contributed by atoms with E-state index in [4.69, 9.17) is 4.98 Å². The van der Waals surface area contributed by atoms with Crippen LogP contribution in [-0.4, -0.2) is 4.98 Å². The van der Waals surface area contributed by atoms with Crippen LogP contribution in [0.2, 0.25) is 0 Å². The second-order valence-corrected chi connectivity index (χ2v) is 9.32. The summed E-state index contributed by atoms with van der Waals surface area (Å²) in [7, 11) is 0. The topological polar surface area (TPSA) is 24.9 Å². The van der Waals surface area contributed by atoms with Gasteiger partial charge in [0.2, 0.25) is 0 Å². The van der Waals surface area contributed by atoms with E-state index in [1.165, 1.54) is 49.8 Å². The summed E-state index contributed by atoms with van der Waals surface area (Å²) in [5, 5.41) is 6.37. The summed E-state index contributed by atoms with van der Waals surface area (Å²) >= 11 is 0. The molecule has 35 heavy (non-hydrogen) atoms. The molecule has 0 amide bonds. The predicted molar refractivity (Wildman–Crippen MR) is 149 cm³/mol. The lowest BCUT2D eigenvalue weighted by Crippen LogP contribution is -2.17. The van der Waals surface area contributed by atoms with E-state index in [1.54, 1.807) is 0 Å². The summed E-state index contributed by atoms with van der Waals surface area (Å²) < 4.78 is 0. The lowest BCUT2D eigenvalue weighted by molar-refractivity contribution is 0.876. The molecule has 1 aromatic heterocycles. The van der Waals surface area contributed by atoms with Crippen molar-refractivity contribution >= 4 is 16.5 Å². The summed E-state index contributed by atoms with van der Waals surface area (Å²) in [6.45, 7) is 8.73. The Morgan fingerprint density at radius 2 is 1.37 bits per heavy atom. The maximum atomic E-state index is 5.31. The number of pyridine rings is 1. The number of aryl methyl sites for hydroxylation is 4. The SMILES string of the molecule is CCc1ccc2ccccc2c1-c1cccc(C(Nc2c(C)cccc2C)c2ccccc2C)n1. The molecular weight excluding hydrogens is 424 g/mol. The maximum Gasteiger partial charge on any atom is 0.0943 e. The molecule has 0 saturated heterocycles. The number of benzene rings is 4. The Kier molecular flexibility index (Phi) is 6.37. The molecule has 2 heteroatoms. The van der Waals surface area contributed by atoms with Crippen LogP contribution in [0, 0.1) is 20.8 Å². The smallest absolute Gasteiger partial charge is 0.0943 e. The van der Waals surface area contributed by atoms with E-state index in [2.05, 4.69) is 130 Å². The third-order valence-corrected chi connectivity index (χ3v) is 6.99. The Hall–Kier alpha value is -3.91. The molecule has 5 rings (SSSR count). The standard InChI is InChI=1S/C33H32N2/c1-5-25-20-21-26-15-7-9-17-28(26)31(25)29-18-11-19-30(34-29)33(27-16-8-6-12-22(27)2)35-32-23(3)13-10-14-24(32)4/h6-21,33,35H,5H2,1-4H3. The molecular formula is C33H32N2. The maximum absolute atomic E-state index is 5.31. The minimum absolute atomic E-state index is 0.0593. The third kappa shape index (κ3) is 4.44. The van der Waals surface area contributed by atoms with Crippen LogP contribution in [0.15, 0.2) is 97.1 Å². The van der Waals surface area contributed by atoms with Crippen molar-refractivity contribution in [2.24, 2.45) is 0 Å². The first kappa shape index (κ1) is 22.9. The Morgan fingerprint density at radius 1 is 0.686 bits per heavy atom. The molecule has 174 valence electrons. The Morgan fingerprint density at radius 3 is 2.14 bits per heavy atom. The van der Waals surface area contributed by atoms with Crippen LogP contribution in [0.1, 0.15) is 46.5 Å². The summed E-state index contributed by atoms with van der Waals surface area (Å²) in [4.78, 5) is 5.31. The number of nitrogens with zero attached hydrogens (tertiary/aromatic N) is 1. The van der Waals surface area contributed by atoms with E-state index in [-0.39, 0.29) is 6.04 Å². The second kappa shape index (κ2) is 9.76. The van der Waals surface area contributed by atoms with Crippen molar-refractivity contribution in [3.63, 3.8) is 0 Å². The van der Waals surface area contributed by atoms with E-state index in [0.29, 0.717) is 0 Å². The summed E-state index contributed by atoms with van der Waals surface area (Å²) in [6, 6.07) is 34.5. The van der Waals surface area contributed by atoms with Crippen molar-refractivity contribution in [2.45, 2.75) is 40.2 Å². The van der Waals surface area contributed by atoms with Gasteiger partial charge < -0.3 is 5.32 Å². The summed E-state index contributed by atoms with van der Waals surface area (Å²) in [6.07, 6.45) is 0.966. The zero-order valence-corrected chi connectivity index (χ0v) is 21.0. The zero-order chi connectivity index (χ0) is 24.4. The molecule has 1 heterocycles. The highest BCUT2D eigenvalue weighted by Crippen LogP contribution is 2.35. The molecule has 0 saturated carbocycles. The number of hydrogen-bond acceptors (Lipinski definition) is 2. The highest BCUT2D eigenvalue weighted by atomic mass is 15.0. The van der Waals surface area contributed by atoms with Gasteiger partial charge in [-0.3, -0.25) is 4.98 Å². The number of hydrogen-bond donors (Lipinski definition) is 1. The predicted octanol–water partition coefficient (Wildman–Crippen LogP) is 8.59. The molecule has 0 aliphatic rings. The van der Waals surface area contributed by atoms with E-state index >= 15 is 0 Å². The molecule has 1 N–H and O–H groups in total. The largest absolute Gasteiger partial charge is 0.372 e. The molecule has 0 fully saturated rings. The van der Waals surface area contributed by atoms with Crippen molar-refractivity contribution in [1.29, 1.82) is 0 Å².